The summed E-state index contributed by atoms with van der Waals surface area (Å²) in [7, 11) is 0. The van der Waals surface area contributed by atoms with E-state index in [9.17, 15) is 4.79 Å². The Hall–Kier alpha value is -1.91. The van der Waals surface area contributed by atoms with Crippen molar-refractivity contribution < 1.29 is 0 Å². The first kappa shape index (κ1) is 10.6. The first-order valence-electron chi connectivity index (χ1n) is 5.32. The molecule has 0 unspecified atom stereocenters. The van der Waals surface area contributed by atoms with Crippen molar-refractivity contribution in [2.75, 3.05) is 0 Å². The van der Waals surface area contributed by atoms with Crippen molar-refractivity contribution >= 4 is 0 Å². The van der Waals surface area contributed by atoms with Gasteiger partial charge in [-0.3, -0.25) is 0 Å². The Morgan fingerprint density at radius 2 is 2.25 bits per heavy atom. The van der Waals surface area contributed by atoms with Gasteiger partial charge in [0.25, 0.3) is 0 Å². The molecule has 0 fully saturated rings. The zero-order chi connectivity index (χ0) is 11.5. The van der Waals surface area contributed by atoms with Crippen LogP contribution in [0.2, 0.25) is 0 Å². The molecule has 1 aromatic heterocycles. The second-order valence-corrected chi connectivity index (χ2v) is 3.79. The fraction of sp³-hybridized carbons (Fsp3) is 0.364. The van der Waals surface area contributed by atoms with Crippen molar-refractivity contribution in [1.29, 1.82) is 0 Å². The Balaban J connectivity index is 2.51. The number of aromatic amines is 1. The molecule has 5 nitrogen and oxygen atoms in total. The summed E-state index contributed by atoms with van der Waals surface area (Å²) >= 11 is 0. The quantitative estimate of drug-likeness (QED) is 0.842. The number of hydrogen-bond donors (Lipinski definition) is 1. The van der Waals surface area contributed by atoms with Crippen LogP contribution in [0.1, 0.15) is 24.5 Å². The van der Waals surface area contributed by atoms with Gasteiger partial charge in [-0.25, -0.2) is 9.89 Å². The van der Waals surface area contributed by atoms with E-state index < -0.39 is 0 Å². The van der Waals surface area contributed by atoms with E-state index in [0.29, 0.717) is 0 Å². The third-order valence-electron chi connectivity index (χ3n) is 2.51. The SMILES string of the molecule is CCCc1ccc(C)c(-n2nn[nH]c2=O)c1. The van der Waals surface area contributed by atoms with Crippen LogP contribution in [-0.4, -0.2) is 20.2 Å². The van der Waals surface area contributed by atoms with Gasteiger partial charge in [0.15, 0.2) is 0 Å². The molecule has 2 rings (SSSR count). The van der Waals surface area contributed by atoms with Crippen molar-refractivity contribution in [2.24, 2.45) is 0 Å². The van der Waals surface area contributed by atoms with Gasteiger partial charge < -0.3 is 0 Å². The number of rotatable bonds is 3. The number of H-pyrrole nitrogens is 1. The Morgan fingerprint density at radius 3 is 2.88 bits per heavy atom. The highest BCUT2D eigenvalue weighted by molar-refractivity contribution is 5.42. The number of benzene rings is 1. The van der Waals surface area contributed by atoms with Crippen molar-refractivity contribution in [3.8, 4) is 5.69 Å². The van der Waals surface area contributed by atoms with Crippen LogP contribution in [0.3, 0.4) is 0 Å². The molecule has 0 bridgehead atoms. The van der Waals surface area contributed by atoms with Gasteiger partial charge in [0.1, 0.15) is 0 Å². The third-order valence-corrected chi connectivity index (χ3v) is 2.51. The summed E-state index contributed by atoms with van der Waals surface area (Å²) in [6, 6.07) is 6.07. The molecule has 0 aliphatic rings. The van der Waals surface area contributed by atoms with Gasteiger partial charge in [0.05, 0.1) is 5.69 Å². The maximum Gasteiger partial charge on any atom is 0.365 e. The van der Waals surface area contributed by atoms with Crippen molar-refractivity contribution in [2.45, 2.75) is 26.7 Å². The van der Waals surface area contributed by atoms with Crippen LogP contribution in [0.4, 0.5) is 0 Å². The zero-order valence-electron chi connectivity index (χ0n) is 9.40. The first-order valence-corrected chi connectivity index (χ1v) is 5.32. The second kappa shape index (κ2) is 4.30. The van der Waals surface area contributed by atoms with E-state index in [4.69, 9.17) is 0 Å². The minimum Gasteiger partial charge on any atom is -0.244 e. The highest BCUT2D eigenvalue weighted by atomic mass is 16.2. The molecule has 0 saturated heterocycles. The van der Waals surface area contributed by atoms with Crippen LogP contribution < -0.4 is 5.69 Å². The molecule has 0 atom stereocenters. The van der Waals surface area contributed by atoms with Crippen LogP contribution in [0.15, 0.2) is 23.0 Å². The van der Waals surface area contributed by atoms with Gasteiger partial charge in [-0.2, -0.15) is 4.68 Å². The lowest BCUT2D eigenvalue weighted by Crippen LogP contribution is -2.17. The Bertz CT molecular complexity index is 541. The van der Waals surface area contributed by atoms with Crippen molar-refractivity contribution in [3.63, 3.8) is 0 Å². The number of aryl methyl sites for hydroxylation is 2. The average molecular weight is 218 g/mol. The molecular formula is C11H14N4O. The van der Waals surface area contributed by atoms with E-state index >= 15 is 0 Å². The van der Waals surface area contributed by atoms with Gasteiger partial charge in [0, 0.05) is 0 Å². The van der Waals surface area contributed by atoms with E-state index in [1.54, 1.807) is 0 Å². The second-order valence-electron chi connectivity index (χ2n) is 3.79. The van der Waals surface area contributed by atoms with Gasteiger partial charge in [0.2, 0.25) is 0 Å². The summed E-state index contributed by atoms with van der Waals surface area (Å²) in [5.41, 5.74) is 2.70. The average Bonchev–Trinajstić information content (AvgIpc) is 2.68. The molecular weight excluding hydrogens is 204 g/mol. The van der Waals surface area contributed by atoms with E-state index in [0.717, 1.165) is 24.1 Å². The number of nitrogens with zero attached hydrogens (tertiary/aromatic N) is 3. The molecule has 0 aliphatic heterocycles. The highest BCUT2D eigenvalue weighted by Gasteiger charge is 2.06. The first-order chi connectivity index (χ1) is 7.72. The number of hydrogen-bond acceptors (Lipinski definition) is 3. The topological polar surface area (TPSA) is 63.6 Å². The van der Waals surface area contributed by atoms with Gasteiger partial charge >= 0.3 is 5.69 Å². The summed E-state index contributed by atoms with van der Waals surface area (Å²) in [6.45, 7) is 4.08. The molecule has 0 aliphatic carbocycles. The largest absolute Gasteiger partial charge is 0.365 e. The van der Waals surface area contributed by atoms with Crippen LogP contribution in [0.25, 0.3) is 5.69 Å². The standard InChI is InChI=1S/C11H14N4O/c1-3-4-9-6-5-8(2)10(7-9)15-11(16)12-13-14-15/h5-7H,3-4H2,1-2H3,(H,12,14,16). The molecule has 5 heteroatoms. The predicted octanol–water partition coefficient (Wildman–Crippen LogP) is 1.22. The fourth-order valence-corrected chi connectivity index (χ4v) is 1.68. The summed E-state index contributed by atoms with van der Waals surface area (Å²) in [5, 5.41) is 9.53. The van der Waals surface area contributed by atoms with E-state index in [2.05, 4.69) is 28.5 Å². The normalized spacial score (nSPS) is 10.6. The van der Waals surface area contributed by atoms with Gasteiger partial charge in [-0.05, 0) is 41.0 Å². The molecule has 0 amide bonds. The number of tetrazole rings is 1. The van der Waals surface area contributed by atoms with Gasteiger partial charge in [-0.1, -0.05) is 25.5 Å². The minimum atomic E-state index is -0.309. The van der Waals surface area contributed by atoms with Crippen LogP contribution >= 0.6 is 0 Å². The van der Waals surface area contributed by atoms with Crippen LogP contribution in [-0.2, 0) is 6.42 Å². The Morgan fingerprint density at radius 1 is 1.44 bits per heavy atom. The molecule has 0 radical (unpaired) electrons. The lowest BCUT2D eigenvalue weighted by molar-refractivity contribution is 0.773. The summed E-state index contributed by atoms with van der Waals surface area (Å²) in [5.74, 6) is 0. The van der Waals surface area contributed by atoms with Crippen molar-refractivity contribution in [1.82, 2.24) is 20.2 Å². The van der Waals surface area contributed by atoms with Crippen LogP contribution in [0.5, 0.6) is 0 Å². The fourth-order valence-electron chi connectivity index (χ4n) is 1.68. The molecule has 1 aromatic carbocycles. The molecule has 2 aromatic rings. The predicted molar refractivity (Wildman–Crippen MR) is 60.7 cm³/mol. The summed E-state index contributed by atoms with van der Waals surface area (Å²) in [6.07, 6.45) is 2.08. The molecule has 16 heavy (non-hydrogen) atoms. The Labute approximate surface area is 93.1 Å². The third kappa shape index (κ3) is 1.88. The zero-order valence-corrected chi connectivity index (χ0v) is 9.40. The smallest absolute Gasteiger partial charge is 0.244 e. The summed E-state index contributed by atoms with van der Waals surface area (Å²) in [4.78, 5) is 11.4. The van der Waals surface area contributed by atoms with Gasteiger partial charge in [-0.15, -0.1) is 0 Å². The van der Waals surface area contributed by atoms with E-state index in [1.165, 1.54) is 10.2 Å². The highest BCUT2D eigenvalue weighted by Crippen LogP contribution is 2.14. The van der Waals surface area contributed by atoms with Crippen molar-refractivity contribution in [3.05, 3.63) is 39.8 Å². The molecule has 1 heterocycles. The molecule has 84 valence electrons. The lowest BCUT2D eigenvalue weighted by atomic mass is 10.1. The molecule has 0 spiro atoms. The lowest BCUT2D eigenvalue weighted by Gasteiger charge is -2.06. The Kier molecular flexibility index (Phi) is 2.85. The molecule has 1 N–H and O–H groups in total. The monoisotopic (exact) mass is 218 g/mol. The maximum atomic E-state index is 11.4. The minimum absolute atomic E-state index is 0.309. The summed E-state index contributed by atoms with van der Waals surface area (Å²) < 4.78 is 1.29. The maximum absolute atomic E-state index is 11.4. The number of aromatic nitrogens is 4. The molecule has 0 saturated carbocycles. The van der Waals surface area contributed by atoms with Crippen LogP contribution in [0, 0.1) is 6.92 Å². The number of nitrogens with one attached hydrogen (secondary N) is 1. The van der Waals surface area contributed by atoms with E-state index in [1.807, 2.05) is 19.1 Å². The van der Waals surface area contributed by atoms with E-state index in [-0.39, 0.29) is 5.69 Å².